The lowest BCUT2D eigenvalue weighted by Gasteiger charge is -2.37. The Kier molecular flexibility index (Phi) is 13.9. The minimum Gasteiger partial charge on any atom is -0.370 e. The molecule has 6 rings (SSSR count). The van der Waals surface area contributed by atoms with Gasteiger partial charge in [-0.1, -0.05) is 33.0 Å². The number of likely N-dealkylation sites (tertiary alicyclic amines) is 2. The molecule has 6 heterocycles. The Balaban J connectivity index is 0.000000201. The van der Waals surface area contributed by atoms with Crippen molar-refractivity contribution in [3.8, 4) is 0 Å². The molecule has 4 aromatic rings. The lowest BCUT2D eigenvalue weighted by molar-refractivity contribution is -0.115. The monoisotopic (exact) mass is 766 g/mol. The fourth-order valence-electron chi connectivity index (χ4n) is 5.95. The van der Waals surface area contributed by atoms with Crippen LogP contribution in [0.15, 0.2) is 9.05 Å². The van der Waals surface area contributed by atoms with Gasteiger partial charge in [-0.2, -0.15) is 28.7 Å². The first kappa shape index (κ1) is 39.4. The number of aromatic nitrogens is 6. The van der Waals surface area contributed by atoms with Crippen molar-refractivity contribution in [1.82, 2.24) is 40.0 Å². The number of halogens is 2. The lowest BCUT2D eigenvalue weighted by Crippen LogP contribution is -2.42. The van der Waals surface area contributed by atoms with Gasteiger partial charge in [0, 0.05) is 66.0 Å². The van der Waals surface area contributed by atoms with Crippen LogP contribution >= 0.6 is 22.7 Å². The SMILES string of the molecule is CC(=O)Nc1nc(F)c(CN2CC[C@@H](OCc3noc(C)n3)C[C@H]2C)s1.CC(=O)Nc1nc(F)c(CN2CC[C@H](OCc3noc(C)n3)C[C@@H]2C)s1. The van der Waals surface area contributed by atoms with Gasteiger partial charge in [-0.05, 0) is 39.5 Å². The molecule has 2 aliphatic heterocycles. The van der Waals surface area contributed by atoms with Crippen LogP contribution in [0.5, 0.6) is 0 Å². The van der Waals surface area contributed by atoms with Crippen molar-refractivity contribution < 1.29 is 36.9 Å². The Labute approximate surface area is 307 Å². The van der Waals surface area contributed by atoms with Gasteiger partial charge in [0.05, 0.1) is 22.0 Å². The second-order valence-electron chi connectivity index (χ2n) is 12.8. The normalized spacial score (nSPS) is 21.1. The number of hydrogen-bond donors (Lipinski definition) is 2. The predicted octanol–water partition coefficient (Wildman–Crippen LogP) is 5.00. The molecule has 2 aliphatic rings. The molecule has 0 saturated carbocycles. The fourth-order valence-corrected chi connectivity index (χ4v) is 7.78. The second-order valence-corrected chi connectivity index (χ2v) is 15.0. The van der Waals surface area contributed by atoms with Crippen molar-refractivity contribution >= 4 is 44.8 Å². The molecule has 16 nitrogen and oxygen atoms in total. The summed E-state index contributed by atoms with van der Waals surface area (Å²) in [5, 5.41) is 13.3. The van der Waals surface area contributed by atoms with Crippen LogP contribution in [0, 0.1) is 25.7 Å². The van der Waals surface area contributed by atoms with Gasteiger partial charge in [-0.15, -0.1) is 0 Å². The van der Waals surface area contributed by atoms with Crippen LogP contribution in [-0.4, -0.2) is 89.2 Å². The van der Waals surface area contributed by atoms with E-state index in [1.807, 2.05) is 0 Å². The number of aryl methyl sites for hydroxylation is 2. The zero-order chi connectivity index (χ0) is 37.4. The maximum atomic E-state index is 14.0. The van der Waals surface area contributed by atoms with Gasteiger partial charge >= 0.3 is 0 Å². The minimum absolute atomic E-state index is 0.112. The zero-order valence-electron chi connectivity index (χ0n) is 30.0. The van der Waals surface area contributed by atoms with Crippen LogP contribution in [0.4, 0.5) is 19.0 Å². The van der Waals surface area contributed by atoms with E-state index in [4.69, 9.17) is 18.5 Å². The van der Waals surface area contributed by atoms with E-state index in [9.17, 15) is 18.4 Å². The maximum absolute atomic E-state index is 14.0. The van der Waals surface area contributed by atoms with Crippen LogP contribution < -0.4 is 10.6 Å². The first-order chi connectivity index (χ1) is 24.8. The van der Waals surface area contributed by atoms with E-state index in [-0.39, 0.29) is 36.1 Å². The number of amides is 2. The van der Waals surface area contributed by atoms with Gasteiger partial charge < -0.3 is 29.2 Å². The quantitative estimate of drug-likeness (QED) is 0.196. The summed E-state index contributed by atoms with van der Waals surface area (Å²) in [5.74, 6) is 0.606. The molecule has 2 fully saturated rings. The fraction of sp³-hybridized carbons (Fsp3) is 0.625. The Morgan fingerprint density at radius 2 is 1.15 bits per heavy atom. The van der Waals surface area contributed by atoms with E-state index in [2.05, 4.69) is 64.5 Å². The van der Waals surface area contributed by atoms with E-state index >= 15 is 0 Å². The average molecular weight is 767 g/mol. The topological polar surface area (TPSA) is 187 Å². The predicted molar refractivity (Wildman–Crippen MR) is 186 cm³/mol. The summed E-state index contributed by atoms with van der Waals surface area (Å²) in [6.07, 6.45) is 3.61. The van der Waals surface area contributed by atoms with Crippen LogP contribution in [-0.2, 0) is 45.4 Å². The third-order valence-corrected chi connectivity index (χ3v) is 10.4. The molecule has 4 atom stereocenters. The van der Waals surface area contributed by atoms with Gasteiger partial charge in [0.1, 0.15) is 13.2 Å². The van der Waals surface area contributed by atoms with Gasteiger partial charge in [0.25, 0.3) is 0 Å². The minimum atomic E-state index is -0.517. The second kappa shape index (κ2) is 18.3. The summed E-state index contributed by atoms with van der Waals surface area (Å²) in [6, 6.07) is 0.484. The number of ether oxygens (including phenoxy) is 2. The Morgan fingerprint density at radius 1 is 0.750 bits per heavy atom. The van der Waals surface area contributed by atoms with Crippen LogP contribution in [0.25, 0.3) is 0 Å². The highest BCUT2D eigenvalue weighted by Gasteiger charge is 2.29. The van der Waals surface area contributed by atoms with Crippen LogP contribution in [0.2, 0.25) is 0 Å². The summed E-state index contributed by atoms with van der Waals surface area (Å²) >= 11 is 2.35. The molecule has 284 valence electrons. The van der Waals surface area contributed by atoms with Crippen molar-refractivity contribution in [2.24, 2.45) is 0 Å². The lowest BCUT2D eigenvalue weighted by atomic mass is 10.0. The summed E-state index contributed by atoms with van der Waals surface area (Å²) < 4.78 is 49.6. The van der Waals surface area contributed by atoms with E-state index in [0.29, 0.717) is 69.8 Å². The molecule has 0 aromatic carbocycles. The number of nitrogens with one attached hydrogen (secondary N) is 2. The highest BCUT2D eigenvalue weighted by atomic mass is 32.1. The molecule has 4 aromatic heterocycles. The molecule has 0 spiro atoms. The number of rotatable bonds is 12. The largest absolute Gasteiger partial charge is 0.370 e. The Morgan fingerprint density at radius 3 is 1.48 bits per heavy atom. The van der Waals surface area contributed by atoms with Gasteiger partial charge in [-0.3, -0.25) is 19.4 Å². The molecule has 2 saturated heterocycles. The molecule has 2 amide bonds. The number of nitrogens with zero attached hydrogens (tertiary/aromatic N) is 8. The first-order valence-corrected chi connectivity index (χ1v) is 18.6. The summed E-state index contributed by atoms with van der Waals surface area (Å²) in [4.78, 5) is 43.4. The summed E-state index contributed by atoms with van der Waals surface area (Å²) in [5.41, 5.74) is 0. The number of thiazole rings is 2. The van der Waals surface area contributed by atoms with Crippen molar-refractivity contribution in [3.63, 3.8) is 0 Å². The molecule has 20 heteroatoms. The molecular formula is C32H44F2N10O6S2. The number of hydrogen-bond acceptors (Lipinski definition) is 16. The maximum Gasteiger partial charge on any atom is 0.230 e. The van der Waals surface area contributed by atoms with Crippen LogP contribution in [0.3, 0.4) is 0 Å². The van der Waals surface area contributed by atoms with Crippen LogP contribution in [0.1, 0.15) is 86.6 Å². The van der Waals surface area contributed by atoms with Gasteiger partial charge in [-0.25, -0.2) is 0 Å². The number of piperidine rings is 2. The third-order valence-electron chi connectivity index (χ3n) is 8.53. The number of carbonyl (C=O) groups is 2. The average Bonchev–Trinajstić information content (AvgIpc) is 3.85. The van der Waals surface area contributed by atoms with E-state index in [0.717, 1.165) is 38.8 Å². The van der Waals surface area contributed by atoms with Gasteiger partial charge in [0.15, 0.2) is 21.9 Å². The Hall–Kier alpha value is -3.82. The molecule has 52 heavy (non-hydrogen) atoms. The molecule has 0 radical (unpaired) electrons. The summed E-state index contributed by atoms with van der Waals surface area (Å²) in [7, 11) is 0. The standard InChI is InChI=1S/2C16H22FN5O3S/c2*1-9-6-12(24-8-14-19-11(3)25-21-14)4-5-22(9)7-13-15(17)20-16(26-13)18-10(2)23/h2*9,12H,4-8H2,1-3H3,(H,18,20,23)/t2*9-,12-/m10/s1. The number of carbonyl (C=O) groups excluding carboxylic acids is 2. The van der Waals surface area contributed by atoms with Crippen molar-refractivity contribution in [3.05, 3.63) is 45.1 Å². The Bertz CT molecular complexity index is 1660. The third kappa shape index (κ3) is 11.6. The highest BCUT2D eigenvalue weighted by Crippen LogP contribution is 2.29. The van der Waals surface area contributed by atoms with Crippen molar-refractivity contribution in [2.45, 2.75) is 118 Å². The molecule has 0 unspecified atom stereocenters. The number of anilines is 2. The first-order valence-electron chi connectivity index (χ1n) is 17.0. The van der Waals surface area contributed by atoms with E-state index in [1.165, 1.54) is 36.5 Å². The molecule has 2 N–H and O–H groups in total. The molecule has 0 bridgehead atoms. The summed E-state index contributed by atoms with van der Waals surface area (Å²) in [6.45, 7) is 13.6. The van der Waals surface area contributed by atoms with Crippen molar-refractivity contribution in [2.75, 3.05) is 23.7 Å². The van der Waals surface area contributed by atoms with Crippen molar-refractivity contribution in [1.29, 1.82) is 0 Å². The zero-order valence-corrected chi connectivity index (χ0v) is 31.6. The highest BCUT2D eigenvalue weighted by molar-refractivity contribution is 7.16. The van der Waals surface area contributed by atoms with E-state index in [1.54, 1.807) is 13.8 Å². The van der Waals surface area contributed by atoms with E-state index < -0.39 is 11.9 Å². The molecular weight excluding hydrogens is 723 g/mol. The smallest absolute Gasteiger partial charge is 0.230 e. The molecule has 0 aliphatic carbocycles. The van der Waals surface area contributed by atoms with Gasteiger partial charge in [0.2, 0.25) is 35.5 Å².